The van der Waals surface area contributed by atoms with Gasteiger partial charge in [-0.3, -0.25) is 13.9 Å². The lowest BCUT2D eigenvalue weighted by atomic mass is 10.0. The van der Waals surface area contributed by atoms with Crippen LogP contribution in [0.3, 0.4) is 0 Å². The van der Waals surface area contributed by atoms with Crippen LogP contribution >= 0.6 is 0 Å². The van der Waals surface area contributed by atoms with Crippen molar-refractivity contribution in [1.29, 1.82) is 0 Å². The number of amides is 3. The van der Waals surface area contributed by atoms with Crippen LogP contribution in [0.5, 0.6) is 0 Å². The second-order valence-electron chi connectivity index (χ2n) is 6.66. The van der Waals surface area contributed by atoms with Gasteiger partial charge in [-0.25, -0.2) is 9.59 Å². The number of carbonyl (C=O) groups is 3. The number of rotatable bonds is 7. The molecule has 0 saturated carbocycles. The number of piperazine rings is 1. The molecule has 0 aliphatic carbocycles. The van der Waals surface area contributed by atoms with Crippen LogP contribution in [0.2, 0.25) is 0 Å². The van der Waals surface area contributed by atoms with Gasteiger partial charge in [0.25, 0.3) is 10.1 Å². The molecule has 0 aromatic carbocycles. The van der Waals surface area contributed by atoms with Crippen molar-refractivity contribution in [3.8, 4) is 0 Å². The minimum absolute atomic E-state index is 0.00464. The van der Waals surface area contributed by atoms with Crippen LogP contribution in [0.25, 0.3) is 0 Å². The lowest BCUT2D eigenvalue weighted by Crippen LogP contribution is -2.62. The monoisotopic (exact) mass is 431 g/mol. The van der Waals surface area contributed by atoms with Gasteiger partial charge in [0, 0.05) is 6.54 Å². The lowest BCUT2D eigenvalue weighted by molar-refractivity contribution is -0.125. The van der Waals surface area contributed by atoms with E-state index < -0.39 is 46.4 Å². The Hall–Kier alpha value is -2.60. The molecule has 0 spiro atoms. The maximum absolute atomic E-state index is 12.4. The van der Waals surface area contributed by atoms with Gasteiger partial charge in [-0.05, 0) is 6.42 Å². The van der Waals surface area contributed by atoms with Crippen molar-refractivity contribution in [2.75, 3.05) is 39.1 Å². The third kappa shape index (κ3) is 6.46. The van der Waals surface area contributed by atoms with Gasteiger partial charge < -0.3 is 19.7 Å². The van der Waals surface area contributed by atoms with Crippen molar-refractivity contribution in [1.82, 2.24) is 15.1 Å². The Balaban J connectivity index is 2.17. The standard InChI is InChI=1S/C17H25N3O8S/c1-4-6-26-16(22)19-10-13(18-15(21)11-19)14-8-12(28-29(3,24)25)9-20(14)17(23)27-7-5-2/h4-5,12-14H,1-2,6-11H2,3H3,(H,18,21)/t12-,13?,14+/m1/s1. The SMILES string of the molecule is C=CCOC(=O)N1CC(=O)NC([C@@H]2C[C@@H](OS(C)(=O)=O)CN2C(=O)OCC=C)C1. The molecule has 3 amide bonds. The van der Waals surface area contributed by atoms with Crippen LogP contribution in [-0.2, 0) is 28.6 Å². The van der Waals surface area contributed by atoms with E-state index in [0.29, 0.717) is 0 Å². The van der Waals surface area contributed by atoms with Crippen molar-refractivity contribution in [3.63, 3.8) is 0 Å². The molecule has 0 bridgehead atoms. The van der Waals surface area contributed by atoms with E-state index in [2.05, 4.69) is 18.5 Å². The molecule has 0 aromatic heterocycles. The molecule has 1 N–H and O–H groups in total. The molecular weight excluding hydrogens is 406 g/mol. The fraction of sp³-hybridized carbons (Fsp3) is 0.588. The van der Waals surface area contributed by atoms with Gasteiger partial charge in [0.2, 0.25) is 5.91 Å². The van der Waals surface area contributed by atoms with Crippen LogP contribution in [-0.4, -0.2) is 93.6 Å². The molecule has 2 heterocycles. The van der Waals surface area contributed by atoms with E-state index in [1.165, 1.54) is 22.0 Å². The minimum Gasteiger partial charge on any atom is -0.445 e. The maximum Gasteiger partial charge on any atom is 0.410 e. The summed E-state index contributed by atoms with van der Waals surface area (Å²) in [4.78, 5) is 39.2. The molecule has 3 atom stereocenters. The predicted octanol–water partition coefficient (Wildman–Crippen LogP) is -0.149. The van der Waals surface area contributed by atoms with Crippen molar-refractivity contribution >= 4 is 28.2 Å². The fourth-order valence-corrected chi connectivity index (χ4v) is 3.93. The summed E-state index contributed by atoms with van der Waals surface area (Å²) in [6, 6.07) is -1.30. The molecule has 2 rings (SSSR count). The van der Waals surface area contributed by atoms with Gasteiger partial charge in [0.05, 0.1) is 31.0 Å². The number of ether oxygens (including phenoxy) is 2. The number of hydrogen-bond donors (Lipinski definition) is 1. The van der Waals surface area contributed by atoms with E-state index in [1.54, 1.807) is 0 Å². The first kappa shape index (κ1) is 22.7. The van der Waals surface area contributed by atoms with Gasteiger partial charge in [0.15, 0.2) is 0 Å². The van der Waals surface area contributed by atoms with Gasteiger partial charge in [-0.2, -0.15) is 8.42 Å². The number of nitrogens with one attached hydrogen (secondary N) is 1. The molecule has 29 heavy (non-hydrogen) atoms. The van der Waals surface area contributed by atoms with Gasteiger partial charge >= 0.3 is 12.2 Å². The zero-order valence-corrected chi connectivity index (χ0v) is 16.9. The number of carbonyl (C=O) groups excluding carboxylic acids is 3. The Morgan fingerprint density at radius 3 is 2.38 bits per heavy atom. The Kier molecular flexibility index (Phi) is 7.62. The summed E-state index contributed by atoms with van der Waals surface area (Å²) in [5.74, 6) is -0.427. The summed E-state index contributed by atoms with van der Waals surface area (Å²) < 4.78 is 38.1. The molecule has 0 radical (unpaired) electrons. The summed E-state index contributed by atoms with van der Waals surface area (Å²) in [5.41, 5.74) is 0. The third-order valence-corrected chi connectivity index (χ3v) is 4.94. The van der Waals surface area contributed by atoms with Crippen LogP contribution in [0.15, 0.2) is 25.3 Å². The molecule has 1 unspecified atom stereocenters. The van der Waals surface area contributed by atoms with Crippen molar-refractivity contribution in [2.45, 2.75) is 24.6 Å². The fourth-order valence-electron chi connectivity index (χ4n) is 3.30. The quantitative estimate of drug-likeness (QED) is 0.435. The van der Waals surface area contributed by atoms with E-state index in [4.69, 9.17) is 13.7 Å². The summed E-state index contributed by atoms with van der Waals surface area (Å²) >= 11 is 0. The van der Waals surface area contributed by atoms with Crippen LogP contribution in [0.1, 0.15) is 6.42 Å². The largest absolute Gasteiger partial charge is 0.445 e. The number of likely N-dealkylation sites (tertiary alicyclic amines) is 1. The van der Waals surface area contributed by atoms with Crippen molar-refractivity contribution in [3.05, 3.63) is 25.3 Å². The van der Waals surface area contributed by atoms with Gasteiger partial charge in [0.1, 0.15) is 19.8 Å². The third-order valence-electron chi connectivity index (χ3n) is 4.32. The molecule has 2 aliphatic heterocycles. The Bertz CT molecular complexity index is 769. The zero-order valence-electron chi connectivity index (χ0n) is 16.1. The molecule has 162 valence electrons. The van der Waals surface area contributed by atoms with Crippen LogP contribution < -0.4 is 5.32 Å². The zero-order chi connectivity index (χ0) is 21.6. The first-order valence-corrected chi connectivity index (χ1v) is 10.7. The average molecular weight is 431 g/mol. The molecule has 12 heteroatoms. The first-order valence-electron chi connectivity index (χ1n) is 8.89. The van der Waals surface area contributed by atoms with Crippen LogP contribution in [0, 0.1) is 0 Å². The molecule has 2 aliphatic rings. The van der Waals surface area contributed by atoms with Crippen molar-refractivity contribution < 1.29 is 36.5 Å². The van der Waals surface area contributed by atoms with E-state index >= 15 is 0 Å². The minimum atomic E-state index is -3.75. The molecule has 0 aromatic rings. The highest BCUT2D eigenvalue weighted by Gasteiger charge is 2.45. The van der Waals surface area contributed by atoms with Gasteiger partial charge in [-0.15, -0.1) is 0 Å². The van der Waals surface area contributed by atoms with E-state index in [1.807, 2.05) is 0 Å². The van der Waals surface area contributed by atoms with E-state index in [0.717, 1.165) is 6.26 Å². The molecule has 2 saturated heterocycles. The Morgan fingerprint density at radius 2 is 1.79 bits per heavy atom. The normalized spacial score (nSPS) is 24.6. The molecule has 2 fully saturated rings. The second-order valence-corrected chi connectivity index (χ2v) is 8.26. The van der Waals surface area contributed by atoms with Crippen LogP contribution in [0.4, 0.5) is 9.59 Å². The maximum atomic E-state index is 12.4. The van der Waals surface area contributed by atoms with E-state index in [-0.39, 0.29) is 39.3 Å². The number of hydrogen-bond acceptors (Lipinski definition) is 8. The molecule has 11 nitrogen and oxygen atoms in total. The average Bonchev–Trinajstić information content (AvgIpc) is 3.05. The van der Waals surface area contributed by atoms with E-state index in [9.17, 15) is 22.8 Å². The summed E-state index contributed by atoms with van der Waals surface area (Å²) in [7, 11) is -3.75. The smallest absolute Gasteiger partial charge is 0.410 e. The highest BCUT2D eigenvalue weighted by atomic mass is 32.2. The molecular formula is C17H25N3O8S. The highest BCUT2D eigenvalue weighted by Crippen LogP contribution is 2.26. The second kappa shape index (κ2) is 9.74. The number of nitrogens with zero attached hydrogens (tertiary/aromatic N) is 2. The Morgan fingerprint density at radius 1 is 1.17 bits per heavy atom. The van der Waals surface area contributed by atoms with Crippen molar-refractivity contribution in [2.24, 2.45) is 0 Å². The summed E-state index contributed by atoms with van der Waals surface area (Å²) in [6.45, 7) is 6.74. The topological polar surface area (TPSA) is 132 Å². The lowest BCUT2D eigenvalue weighted by Gasteiger charge is -2.38. The first-order chi connectivity index (χ1) is 13.6. The highest BCUT2D eigenvalue weighted by molar-refractivity contribution is 7.86. The van der Waals surface area contributed by atoms with Gasteiger partial charge in [-0.1, -0.05) is 25.3 Å². The summed E-state index contributed by atoms with van der Waals surface area (Å²) in [5, 5.41) is 2.74. The summed E-state index contributed by atoms with van der Waals surface area (Å²) in [6.07, 6.45) is 1.67. The Labute approximate surface area is 169 Å². The predicted molar refractivity (Wildman–Crippen MR) is 101 cm³/mol.